The summed E-state index contributed by atoms with van der Waals surface area (Å²) < 4.78 is 3.11. The third kappa shape index (κ3) is 1.38. The average molecular weight is 252 g/mol. The van der Waals surface area contributed by atoms with Crippen LogP contribution in [0.5, 0.6) is 0 Å². The number of hydrogen-bond acceptors (Lipinski definition) is 3. The second-order valence-corrected chi connectivity index (χ2v) is 5.80. The molecule has 84 valence electrons. The second-order valence-electron chi connectivity index (χ2n) is 4.50. The summed E-state index contributed by atoms with van der Waals surface area (Å²) in [6, 6.07) is 2.21. The van der Waals surface area contributed by atoms with E-state index in [-0.39, 0.29) is 5.56 Å². The Labute approximate surface area is 102 Å². The minimum Gasteiger partial charge on any atom is -0.331 e. The molecule has 16 heavy (non-hydrogen) atoms. The van der Waals surface area contributed by atoms with E-state index in [1.54, 1.807) is 4.57 Å². The monoisotopic (exact) mass is 252 g/mol. The molecule has 3 nitrogen and oxygen atoms in total. The van der Waals surface area contributed by atoms with E-state index >= 15 is 0 Å². The van der Waals surface area contributed by atoms with Gasteiger partial charge in [0.05, 0.1) is 5.52 Å². The van der Waals surface area contributed by atoms with E-state index in [9.17, 15) is 4.79 Å². The van der Waals surface area contributed by atoms with Gasteiger partial charge in [0.15, 0.2) is 4.77 Å². The highest BCUT2D eigenvalue weighted by molar-refractivity contribution is 7.71. The third-order valence-corrected chi connectivity index (χ3v) is 4.45. The molecule has 0 atom stereocenters. The molecule has 0 aliphatic heterocycles. The first-order chi connectivity index (χ1) is 7.66. The van der Waals surface area contributed by atoms with E-state index < -0.39 is 0 Å². The van der Waals surface area contributed by atoms with Gasteiger partial charge in [-0.25, -0.2) is 0 Å². The molecule has 0 radical (unpaired) electrons. The first-order valence-electron chi connectivity index (χ1n) is 5.39. The Kier molecular flexibility index (Phi) is 2.26. The fourth-order valence-electron chi connectivity index (χ4n) is 2.35. The largest absolute Gasteiger partial charge is 0.331 e. The van der Waals surface area contributed by atoms with Crippen molar-refractivity contribution < 1.29 is 0 Å². The van der Waals surface area contributed by atoms with Crippen LogP contribution in [0.3, 0.4) is 0 Å². The van der Waals surface area contributed by atoms with Crippen molar-refractivity contribution in [2.75, 3.05) is 0 Å². The molecule has 1 saturated carbocycles. The van der Waals surface area contributed by atoms with Crippen molar-refractivity contribution >= 4 is 33.8 Å². The fraction of sp³-hybridized carbons (Fsp3) is 0.455. The Morgan fingerprint density at radius 2 is 2.31 bits per heavy atom. The van der Waals surface area contributed by atoms with Crippen LogP contribution in [0.25, 0.3) is 10.2 Å². The number of nitrogens with zero attached hydrogens (tertiary/aromatic N) is 1. The molecule has 2 heterocycles. The van der Waals surface area contributed by atoms with Crippen molar-refractivity contribution in [3.63, 3.8) is 0 Å². The van der Waals surface area contributed by atoms with Gasteiger partial charge in [-0.1, -0.05) is 6.92 Å². The van der Waals surface area contributed by atoms with E-state index in [1.165, 1.54) is 11.3 Å². The predicted molar refractivity (Wildman–Crippen MR) is 68.7 cm³/mol. The Morgan fingerprint density at radius 3 is 3.00 bits per heavy atom. The van der Waals surface area contributed by atoms with Gasteiger partial charge in [0, 0.05) is 6.04 Å². The number of H-pyrrole nitrogens is 1. The van der Waals surface area contributed by atoms with Crippen molar-refractivity contribution in [2.45, 2.75) is 25.8 Å². The molecule has 0 amide bonds. The molecule has 0 bridgehead atoms. The van der Waals surface area contributed by atoms with Crippen molar-refractivity contribution in [3.05, 3.63) is 26.6 Å². The minimum atomic E-state index is 0.0747. The molecule has 0 aromatic carbocycles. The number of nitrogens with one attached hydrogen (secondary N) is 1. The van der Waals surface area contributed by atoms with Crippen LogP contribution >= 0.6 is 23.6 Å². The standard InChI is InChI=1S/C11H12N2OS2/c1-6-4-7(5-6)13-10(14)9-8(2-3-16-9)12-11(13)15/h2-3,6-7H,4-5H2,1H3,(H,12,15). The summed E-state index contributed by atoms with van der Waals surface area (Å²) in [4.78, 5) is 15.4. The smallest absolute Gasteiger partial charge is 0.272 e. The van der Waals surface area contributed by atoms with Gasteiger partial charge < -0.3 is 4.98 Å². The quantitative estimate of drug-likeness (QED) is 0.792. The molecule has 2 aromatic rings. The van der Waals surface area contributed by atoms with Crippen LogP contribution in [-0.4, -0.2) is 9.55 Å². The molecule has 0 saturated heterocycles. The minimum absolute atomic E-state index is 0.0747. The van der Waals surface area contributed by atoms with Gasteiger partial charge >= 0.3 is 0 Å². The highest BCUT2D eigenvalue weighted by atomic mass is 32.1. The molecule has 1 fully saturated rings. The third-order valence-electron chi connectivity index (χ3n) is 3.25. The first kappa shape index (κ1) is 10.2. The lowest BCUT2D eigenvalue weighted by Gasteiger charge is -2.33. The van der Waals surface area contributed by atoms with E-state index in [0.717, 1.165) is 23.1 Å². The lowest BCUT2D eigenvalue weighted by Crippen LogP contribution is -2.33. The summed E-state index contributed by atoms with van der Waals surface area (Å²) >= 11 is 6.74. The van der Waals surface area contributed by atoms with Crippen molar-refractivity contribution in [3.8, 4) is 0 Å². The molecule has 3 rings (SSSR count). The number of thiophene rings is 1. The number of aromatic amines is 1. The molecular weight excluding hydrogens is 240 g/mol. The maximum Gasteiger partial charge on any atom is 0.272 e. The second kappa shape index (κ2) is 3.53. The number of fused-ring (bicyclic) bond motifs is 1. The van der Waals surface area contributed by atoms with Crippen LogP contribution in [-0.2, 0) is 0 Å². The molecule has 1 aliphatic rings. The van der Waals surface area contributed by atoms with Gasteiger partial charge in [-0.15, -0.1) is 11.3 Å². The summed E-state index contributed by atoms with van der Waals surface area (Å²) in [7, 11) is 0. The molecular formula is C11H12N2OS2. The molecule has 0 unspecified atom stereocenters. The zero-order valence-electron chi connectivity index (χ0n) is 8.90. The van der Waals surface area contributed by atoms with Gasteiger partial charge in [0.1, 0.15) is 4.70 Å². The lowest BCUT2D eigenvalue weighted by molar-refractivity contribution is 0.209. The van der Waals surface area contributed by atoms with Gasteiger partial charge in [0.2, 0.25) is 0 Å². The topological polar surface area (TPSA) is 37.8 Å². The molecule has 2 aromatic heterocycles. The van der Waals surface area contributed by atoms with Crippen LogP contribution < -0.4 is 5.56 Å². The van der Waals surface area contributed by atoms with Gasteiger partial charge in [-0.3, -0.25) is 9.36 Å². The fourth-order valence-corrected chi connectivity index (χ4v) is 3.48. The zero-order chi connectivity index (χ0) is 11.3. The molecule has 1 N–H and O–H groups in total. The molecule has 0 spiro atoms. The summed E-state index contributed by atoms with van der Waals surface area (Å²) in [5.41, 5.74) is 0.939. The van der Waals surface area contributed by atoms with Crippen molar-refractivity contribution in [2.24, 2.45) is 5.92 Å². The summed E-state index contributed by atoms with van der Waals surface area (Å²) in [6.07, 6.45) is 2.13. The number of rotatable bonds is 1. The van der Waals surface area contributed by atoms with E-state index in [1.807, 2.05) is 11.4 Å². The summed E-state index contributed by atoms with van der Waals surface area (Å²) in [5, 5.41) is 1.92. The van der Waals surface area contributed by atoms with Crippen molar-refractivity contribution in [1.82, 2.24) is 9.55 Å². The van der Waals surface area contributed by atoms with Crippen LogP contribution in [0.2, 0.25) is 0 Å². The molecule has 5 heteroatoms. The zero-order valence-corrected chi connectivity index (χ0v) is 10.5. The van der Waals surface area contributed by atoms with Crippen LogP contribution in [0, 0.1) is 10.7 Å². The van der Waals surface area contributed by atoms with Gasteiger partial charge in [-0.05, 0) is 42.4 Å². The highest BCUT2D eigenvalue weighted by Crippen LogP contribution is 2.36. The Morgan fingerprint density at radius 1 is 1.56 bits per heavy atom. The Balaban J connectivity index is 2.24. The SMILES string of the molecule is CC1CC(n2c(=S)[nH]c3ccsc3c2=O)C1. The van der Waals surface area contributed by atoms with Gasteiger partial charge in [-0.2, -0.15) is 0 Å². The maximum atomic E-state index is 12.2. The van der Waals surface area contributed by atoms with E-state index in [2.05, 4.69) is 11.9 Å². The summed E-state index contributed by atoms with van der Waals surface area (Å²) in [5.74, 6) is 0.713. The van der Waals surface area contributed by atoms with Crippen LogP contribution in [0.4, 0.5) is 0 Å². The molecule has 1 aliphatic carbocycles. The van der Waals surface area contributed by atoms with E-state index in [4.69, 9.17) is 12.2 Å². The average Bonchev–Trinajstić information content (AvgIpc) is 2.63. The Bertz CT molecular complexity index is 646. The normalized spacial score (nSPS) is 24.6. The first-order valence-corrected chi connectivity index (χ1v) is 6.67. The Hall–Kier alpha value is -0.940. The summed E-state index contributed by atoms with van der Waals surface area (Å²) in [6.45, 7) is 2.21. The van der Waals surface area contributed by atoms with Crippen LogP contribution in [0.1, 0.15) is 25.8 Å². The van der Waals surface area contributed by atoms with Gasteiger partial charge in [0.25, 0.3) is 5.56 Å². The predicted octanol–water partition coefficient (Wildman–Crippen LogP) is 3.09. The van der Waals surface area contributed by atoms with E-state index in [0.29, 0.717) is 16.7 Å². The number of hydrogen-bond donors (Lipinski definition) is 1. The highest BCUT2D eigenvalue weighted by Gasteiger charge is 2.28. The van der Waals surface area contributed by atoms with Crippen molar-refractivity contribution in [1.29, 1.82) is 0 Å². The maximum absolute atomic E-state index is 12.2. The lowest BCUT2D eigenvalue weighted by atomic mass is 9.82. The van der Waals surface area contributed by atoms with Crippen LogP contribution in [0.15, 0.2) is 16.2 Å². The number of aromatic nitrogens is 2.